The first-order valence-electron chi connectivity index (χ1n) is 22.4. The van der Waals surface area contributed by atoms with Crippen molar-refractivity contribution in [2.24, 2.45) is 0 Å². The first-order chi connectivity index (χ1) is 30.8. The lowest BCUT2D eigenvalue weighted by Crippen LogP contribution is -2.44. The molecule has 1 spiro atoms. The van der Waals surface area contributed by atoms with Gasteiger partial charge in [0, 0.05) is 38.5 Å². The van der Waals surface area contributed by atoms with Gasteiger partial charge < -0.3 is 9.47 Å². The van der Waals surface area contributed by atoms with E-state index in [0.29, 0.717) is 0 Å². The number of para-hydroxylation sites is 4. The molecule has 0 amide bonds. The molecular weight excluding hydrogens is 761 g/mol. The van der Waals surface area contributed by atoms with Gasteiger partial charge in [-0.3, -0.25) is 0 Å². The minimum absolute atomic E-state index is 0.150. The molecule has 0 saturated heterocycles. The fraction of sp³-hybridized carbons (Fsp3) is 0.115. The van der Waals surface area contributed by atoms with Crippen LogP contribution in [0.5, 0.6) is 0 Å². The molecule has 0 saturated carbocycles. The van der Waals surface area contributed by atoms with Gasteiger partial charge in [-0.25, -0.2) is 0 Å². The standard InChI is InChI=1S/C61H46N2/c1-59(2)47-25-11-8-22-43(47)44-35-33-40(37-53(44)59)62(55-30-15-9-21-42(55)39-19-6-5-7-20-39)41-34-36-49-54(38-41)61(50-27-13-12-26-48(50)60(49,3)4)51-28-14-17-32-57(51)63-56-31-16-10-23-45(56)46-24-18-29-52(61)58(46)63/h5-38H,1-4H3. The molecule has 13 rings (SSSR count). The third kappa shape index (κ3) is 4.68. The summed E-state index contributed by atoms with van der Waals surface area (Å²) in [5, 5.41) is 2.57. The molecule has 9 aromatic carbocycles. The number of hydrogen-bond acceptors (Lipinski definition) is 1. The second-order valence-electron chi connectivity index (χ2n) is 18.8. The topological polar surface area (TPSA) is 8.17 Å². The van der Waals surface area contributed by atoms with Gasteiger partial charge >= 0.3 is 0 Å². The van der Waals surface area contributed by atoms with E-state index in [2.05, 4.69) is 243 Å². The molecule has 2 heteroatoms. The van der Waals surface area contributed by atoms with Crippen molar-refractivity contribution in [3.63, 3.8) is 0 Å². The fourth-order valence-corrected chi connectivity index (χ4v) is 12.2. The zero-order valence-electron chi connectivity index (χ0n) is 36.0. The number of rotatable bonds is 4. The Kier molecular flexibility index (Phi) is 7.37. The smallest absolute Gasteiger partial charge is 0.0749 e. The van der Waals surface area contributed by atoms with Crippen molar-refractivity contribution < 1.29 is 0 Å². The predicted molar refractivity (Wildman–Crippen MR) is 262 cm³/mol. The summed E-state index contributed by atoms with van der Waals surface area (Å²) in [6, 6.07) is 77.9. The van der Waals surface area contributed by atoms with E-state index in [1.165, 1.54) is 94.3 Å². The number of anilines is 3. The number of aromatic nitrogens is 1. The zero-order chi connectivity index (χ0) is 42.2. The summed E-state index contributed by atoms with van der Waals surface area (Å²) in [4.78, 5) is 2.54. The molecule has 1 unspecified atom stereocenters. The number of hydrogen-bond donors (Lipinski definition) is 0. The first-order valence-corrected chi connectivity index (χ1v) is 22.4. The van der Waals surface area contributed by atoms with Crippen molar-refractivity contribution in [1.29, 1.82) is 0 Å². The Labute approximate surface area is 369 Å². The van der Waals surface area contributed by atoms with E-state index in [1.54, 1.807) is 0 Å². The van der Waals surface area contributed by atoms with E-state index in [0.717, 1.165) is 17.1 Å². The van der Waals surface area contributed by atoms with E-state index in [4.69, 9.17) is 0 Å². The second-order valence-corrected chi connectivity index (χ2v) is 18.8. The molecule has 2 nitrogen and oxygen atoms in total. The van der Waals surface area contributed by atoms with Gasteiger partial charge in [-0.1, -0.05) is 191 Å². The molecule has 0 fully saturated rings. The van der Waals surface area contributed by atoms with Crippen LogP contribution in [0.1, 0.15) is 72.2 Å². The zero-order valence-corrected chi connectivity index (χ0v) is 36.0. The largest absolute Gasteiger partial charge is 0.310 e. The van der Waals surface area contributed by atoms with E-state index in [-0.39, 0.29) is 10.8 Å². The third-order valence-corrected chi connectivity index (χ3v) is 15.0. The summed E-state index contributed by atoms with van der Waals surface area (Å²) >= 11 is 0. The second kappa shape index (κ2) is 12.8. The van der Waals surface area contributed by atoms with Gasteiger partial charge in [-0.2, -0.15) is 0 Å². The van der Waals surface area contributed by atoms with E-state index in [1.807, 2.05) is 0 Å². The van der Waals surface area contributed by atoms with Crippen LogP contribution in [-0.2, 0) is 16.2 Å². The van der Waals surface area contributed by atoms with Gasteiger partial charge in [-0.15, -0.1) is 0 Å². The lowest BCUT2D eigenvalue weighted by molar-refractivity contribution is 0.556. The Morgan fingerprint density at radius 2 is 0.921 bits per heavy atom. The molecule has 1 aromatic heterocycles. The van der Waals surface area contributed by atoms with Gasteiger partial charge in [0.2, 0.25) is 0 Å². The highest BCUT2D eigenvalue weighted by molar-refractivity contribution is 6.12. The highest BCUT2D eigenvalue weighted by Gasteiger charge is 2.53. The van der Waals surface area contributed by atoms with Crippen molar-refractivity contribution >= 4 is 38.9 Å². The Hall–Kier alpha value is -7.42. The maximum Gasteiger partial charge on any atom is 0.0749 e. The van der Waals surface area contributed by atoms with Crippen LogP contribution in [0.15, 0.2) is 206 Å². The van der Waals surface area contributed by atoms with E-state index < -0.39 is 5.41 Å². The Bertz CT molecular complexity index is 3530. The number of benzene rings is 9. The predicted octanol–water partition coefficient (Wildman–Crippen LogP) is 15.6. The summed E-state index contributed by atoms with van der Waals surface area (Å²) < 4.78 is 2.54. The first kappa shape index (κ1) is 36.3. The van der Waals surface area contributed by atoms with Crippen LogP contribution < -0.4 is 4.90 Å². The van der Waals surface area contributed by atoms with Crippen molar-refractivity contribution in [2.45, 2.75) is 43.9 Å². The van der Waals surface area contributed by atoms with Gasteiger partial charge in [0.1, 0.15) is 0 Å². The Morgan fingerprint density at radius 1 is 0.365 bits per heavy atom. The number of fused-ring (bicyclic) bond motifs is 14. The van der Waals surface area contributed by atoms with Gasteiger partial charge in [0.15, 0.2) is 0 Å². The molecular formula is C61H46N2. The lowest BCUT2D eigenvalue weighted by Gasteiger charge is -2.50. The molecule has 1 aliphatic heterocycles. The molecule has 2 heterocycles. The molecule has 300 valence electrons. The van der Waals surface area contributed by atoms with Crippen LogP contribution in [0.4, 0.5) is 17.1 Å². The summed E-state index contributed by atoms with van der Waals surface area (Å²) in [6.45, 7) is 9.61. The van der Waals surface area contributed by atoms with E-state index >= 15 is 0 Å². The van der Waals surface area contributed by atoms with Crippen LogP contribution in [0.25, 0.3) is 49.7 Å². The Balaban J connectivity index is 1.15. The molecule has 63 heavy (non-hydrogen) atoms. The van der Waals surface area contributed by atoms with E-state index in [9.17, 15) is 0 Å². The van der Waals surface area contributed by atoms with Gasteiger partial charge in [-0.05, 0) is 104 Å². The summed E-state index contributed by atoms with van der Waals surface area (Å²) in [5.41, 5.74) is 22.0. The van der Waals surface area contributed by atoms with Crippen molar-refractivity contribution in [3.8, 4) is 27.9 Å². The maximum absolute atomic E-state index is 2.57. The van der Waals surface area contributed by atoms with Crippen LogP contribution in [0, 0.1) is 0 Å². The average molecular weight is 807 g/mol. The molecule has 2 aliphatic carbocycles. The Morgan fingerprint density at radius 3 is 1.75 bits per heavy atom. The van der Waals surface area contributed by atoms with Crippen molar-refractivity contribution in [2.75, 3.05) is 4.90 Å². The molecule has 10 aromatic rings. The fourth-order valence-electron chi connectivity index (χ4n) is 12.2. The third-order valence-electron chi connectivity index (χ3n) is 15.0. The molecule has 1 atom stereocenters. The highest BCUT2D eigenvalue weighted by Crippen LogP contribution is 2.61. The molecule has 3 aliphatic rings. The average Bonchev–Trinajstić information content (AvgIpc) is 3.78. The quantitative estimate of drug-likeness (QED) is 0.172. The van der Waals surface area contributed by atoms with Crippen molar-refractivity contribution in [3.05, 3.63) is 251 Å². The SMILES string of the molecule is CC1(C)c2ccccc2-c2ccc(N(c3ccc4c(c3)C3(c5ccccc5-n5c6ccccc6c6cccc3c65)c3ccccc3C4(C)C)c3ccccc3-c3ccccc3)cc21. The molecule has 0 bridgehead atoms. The highest BCUT2D eigenvalue weighted by atomic mass is 15.1. The van der Waals surface area contributed by atoms with Crippen LogP contribution >= 0.6 is 0 Å². The minimum atomic E-state index is -0.607. The summed E-state index contributed by atoms with van der Waals surface area (Å²) in [5.74, 6) is 0. The maximum atomic E-state index is 2.57. The van der Waals surface area contributed by atoms with Crippen LogP contribution in [0.3, 0.4) is 0 Å². The van der Waals surface area contributed by atoms with Gasteiger partial charge in [0.25, 0.3) is 0 Å². The lowest BCUT2D eigenvalue weighted by atomic mass is 9.53. The summed E-state index contributed by atoms with van der Waals surface area (Å²) in [6.07, 6.45) is 0. The van der Waals surface area contributed by atoms with Crippen LogP contribution in [-0.4, -0.2) is 4.57 Å². The van der Waals surface area contributed by atoms with Crippen molar-refractivity contribution in [1.82, 2.24) is 4.57 Å². The molecule has 0 radical (unpaired) electrons. The number of nitrogens with zero attached hydrogens (tertiary/aromatic N) is 2. The molecule has 0 N–H and O–H groups in total. The van der Waals surface area contributed by atoms with Gasteiger partial charge in [0.05, 0.1) is 27.8 Å². The normalized spacial score (nSPS) is 16.9. The minimum Gasteiger partial charge on any atom is -0.310 e. The monoisotopic (exact) mass is 806 g/mol. The summed E-state index contributed by atoms with van der Waals surface area (Å²) in [7, 11) is 0. The van der Waals surface area contributed by atoms with Crippen LogP contribution in [0.2, 0.25) is 0 Å².